The zero-order valence-corrected chi connectivity index (χ0v) is 19.4. The Balaban J connectivity index is 1.40. The number of carbonyl (C=O) groups excluding carboxylic acids is 1. The zero-order chi connectivity index (χ0) is 22.0. The van der Waals surface area contributed by atoms with Crippen molar-refractivity contribution in [3.63, 3.8) is 0 Å². The van der Waals surface area contributed by atoms with Crippen molar-refractivity contribution in [1.82, 2.24) is 20.2 Å². The van der Waals surface area contributed by atoms with Crippen molar-refractivity contribution < 1.29 is 4.79 Å². The SMILES string of the molecule is CC(C)(C)[C@H]1CCc2c(sc(NC(=O)CSc3n[nH]c(-c4ccccn4)n3)c2C#N)C1. The minimum absolute atomic E-state index is 0.164. The van der Waals surface area contributed by atoms with Crippen molar-refractivity contribution in [1.29, 1.82) is 5.26 Å². The molecule has 0 saturated carbocycles. The Morgan fingerprint density at radius 2 is 2.26 bits per heavy atom. The lowest BCUT2D eigenvalue weighted by Gasteiger charge is -2.33. The molecule has 3 aromatic heterocycles. The number of H-pyrrole nitrogens is 1. The maximum absolute atomic E-state index is 12.6. The van der Waals surface area contributed by atoms with Crippen LogP contribution in [0.4, 0.5) is 5.00 Å². The highest BCUT2D eigenvalue weighted by atomic mass is 32.2. The monoisotopic (exact) mass is 452 g/mol. The number of anilines is 1. The minimum atomic E-state index is -0.170. The third kappa shape index (κ3) is 4.81. The molecule has 3 heterocycles. The van der Waals surface area contributed by atoms with Crippen molar-refractivity contribution in [3.8, 4) is 17.6 Å². The van der Waals surface area contributed by atoms with Gasteiger partial charge in [-0.25, -0.2) is 0 Å². The van der Waals surface area contributed by atoms with Crippen LogP contribution in [0.2, 0.25) is 0 Å². The van der Waals surface area contributed by atoms with Gasteiger partial charge >= 0.3 is 0 Å². The fraction of sp³-hybridized carbons (Fsp3) is 0.409. The smallest absolute Gasteiger partial charge is 0.235 e. The topological polar surface area (TPSA) is 107 Å². The third-order valence-electron chi connectivity index (χ3n) is 5.56. The van der Waals surface area contributed by atoms with E-state index in [1.165, 1.54) is 16.6 Å². The van der Waals surface area contributed by atoms with E-state index in [9.17, 15) is 10.1 Å². The van der Waals surface area contributed by atoms with E-state index in [1.54, 1.807) is 17.5 Å². The van der Waals surface area contributed by atoms with E-state index >= 15 is 0 Å². The number of hydrogen-bond donors (Lipinski definition) is 2. The van der Waals surface area contributed by atoms with Gasteiger partial charge in [0.05, 0.1) is 11.3 Å². The van der Waals surface area contributed by atoms with Gasteiger partial charge in [-0.3, -0.25) is 14.9 Å². The van der Waals surface area contributed by atoms with Crippen LogP contribution < -0.4 is 5.32 Å². The molecule has 1 aliphatic carbocycles. The predicted octanol–water partition coefficient (Wildman–Crippen LogP) is 4.68. The van der Waals surface area contributed by atoms with E-state index in [0.717, 1.165) is 24.8 Å². The predicted molar refractivity (Wildman–Crippen MR) is 123 cm³/mol. The molecular formula is C22H24N6OS2. The lowest BCUT2D eigenvalue weighted by atomic mass is 9.72. The Bertz CT molecular complexity index is 1120. The Morgan fingerprint density at radius 1 is 1.42 bits per heavy atom. The highest BCUT2D eigenvalue weighted by Crippen LogP contribution is 2.44. The van der Waals surface area contributed by atoms with Gasteiger partial charge < -0.3 is 5.32 Å². The summed E-state index contributed by atoms with van der Waals surface area (Å²) in [4.78, 5) is 22.4. The molecule has 0 radical (unpaired) electrons. The quantitative estimate of drug-likeness (QED) is 0.544. The molecule has 9 heteroatoms. The normalized spacial score (nSPS) is 15.9. The number of amides is 1. The molecule has 7 nitrogen and oxygen atoms in total. The largest absolute Gasteiger partial charge is 0.316 e. The van der Waals surface area contributed by atoms with Gasteiger partial charge in [0.25, 0.3) is 0 Å². The molecule has 0 aliphatic heterocycles. The number of nitrogens with zero attached hydrogens (tertiary/aromatic N) is 4. The number of aromatic amines is 1. The van der Waals surface area contributed by atoms with E-state index < -0.39 is 0 Å². The second-order valence-corrected chi connectivity index (χ2v) is 10.7. The van der Waals surface area contributed by atoms with Crippen molar-refractivity contribution in [2.45, 2.75) is 45.2 Å². The van der Waals surface area contributed by atoms with Gasteiger partial charge in [0.2, 0.25) is 11.1 Å². The van der Waals surface area contributed by atoms with Gasteiger partial charge in [0.1, 0.15) is 16.8 Å². The number of rotatable bonds is 5. The molecule has 1 aliphatic rings. The van der Waals surface area contributed by atoms with Crippen LogP contribution in [0.25, 0.3) is 11.5 Å². The van der Waals surface area contributed by atoms with Crippen molar-refractivity contribution >= 4 is 34.0 Å². The Morgan fingerprint density at radius 3 is 2.97 bits per heavy atom. The van der Waals surface area contributed by atoms with Gasteiger partial charge in [-0.1, -0.05) is 38.6 Å². The van der Waals surface area contributed by atoms with Crippen LogP contribution in [0.5, 0.6) is 0 Å². The van der Waals surface area contributed by atoms with Crippen LogP contribution in [-0.4, -0.2) is 31.8 Å². The molecule has 2 N–H and O–H groups in total. The second kappa shape index (κ2) is 8.81. The second-order valence-electron chi connectivity index (χ2n) is 8.64. The summed E-state index contributed by atoms with van der Waals surface area (Å²) in [7, 11) is 0. The number of thiophene rings is 1. The van der Waals surface area contributed by atoms with Gasteiger partial charge in [-0.15, -0.1) is 16.4 Å². The summed E-state index contributed by atoms with van der Waals surface area (Å²) < 4.78 is 0. The van der Waals surface area contributed by atoms with Gasteiger partial charge in [0, 0.05) is 11.1 Å². The van der Waals surface area contributed by atoms with Crippen molar-refractivity contribution in [2.75, 3.05) is 11.1 Å². The standard InChI is InChI=1S/C22H24N6OS2/c1-22(2,3)13-7-8-14-15(11-23)20(31-17(14)10-13)25-18(29)12-30-21-26-19(27-28-21)16-6-4-5-9-24-16/h4-6,9,13H,7-8,10,12H2,1-3H3,(H,25,29)(H,26,27,28)/t13-/m0/s1. The molecule has 160 valence electrons. The highest BCUT2D eigenvalue weighted by Gasteiger charge is 2.32. The molecule has 4 rings (SSSR count). The molecule has 0 saturated heterocycles. The first-order valence-electron chi connectivity index (χ1n) is 10.2. The van der Waals surface area contributed by atoms with E-state index in [2.05, 4.69) is 52.3 Å². The van der Waals surface area contributed by atoms with Crippen LogP contribution in [-0.2, 0) is 17.6 Å². The first-order chi connectivity index (χ1) is 14.8. The lowest BCUT2D eigenvalue weighted by molar-refractivity contribution is -0.113. The van der Waals surface area contributed by atoms with Crippen LogP contribution in [0.1, 0.15) is 43.2 Å². The number of pyridine rings is 1. The Labute approximate surface area is 189 Å². The van der Waals surface area contributed by atoms with Crippen LogP contribution >= 0.6 is 23.1 Å². The number of carbonyl (C=O) groups is 1. The van der Waals surface area contributed by atoms with Gasteiger partial charge in [0.15, 0.2) is 5.82 Å². The molecule has 31 heavy (non-hydrogen) atoms. The van der Waals surface area contributed by atoms with E-state index in [-0.39, 0.29) is 17.1 Å². The summed E-state index contributed by atoms with van der Waals surface area (Å²) in [6, 6.07) is 7.86. The zero-order valence-electron chi connectivity index (χ0n) is 17.7. The van der Waals surface area contributed by atoms with E-state index in [0.29, 0.717) is 33.2 Å². The molecule has 0 bridgehead atoms. The number of thioether (sulfide) groups is 1. The molecule has 3 aromatic rings. The minimum Gasteiger partial charge on any atom is -0.316 e. The molecule has 0 unspecified atom stereocenters. The summed E-state index contributed by atoms with van der Waals surface area (Å²) in [5, 5.41) is 20.8. The van der Waals surface area contributed by atoms with E-state index in [4.69, 9.17) is 0 Å². The fourth-order valence-corrected chi connectivity index (χ4v) is 5.65. The summed E-state index contributed by atoms with van der Waals surface area (Å²) in [6.07, 6.45) is 4.63. The first kappa shape index (κ1) is 21.5. The Hall–Kier alpha value is -2.70. The number of nitrogens with one attached hydrogen (secondary N) is 2. The number of aromatic nitrogens is 4. The maximum Gasteiger partial charge on any atom is 0.235 e. The molecule has 0 spiro atoms. The summed E-state index contributed by atoms with van der Waals surface area (Å²) in [5.74, 6) is 1.15. The van der Waals surface area contributed by atoms with Crippen molar-refractivity contribution in [2.24, 2.45) is 11.3 Å². The fourth-order valence-electron chi connectivity index (χ4n) is 3.75. The Kier molecular flexibility index (Phi) is 6.12. The maximum atomic E-state index is 12.6. The van der Waals surface area contributed by atoms with Gasteiger partial charge in [-0.2, -0.15) is 10.2 Å². The highest BCUT2D eigenvalue weighted by molar-refractivity contribution is 7.99. The average Bonchev–Trinajstić information content (AvgIpc) is 3.36. The summed E-state index contributed by atoms with van der Waals surface area (Å²) >= 11 is 2.79. The molecular weight excluding hydrogens is 428 g/mol. The van der Waals surface area contributed by atoms with Crippen LogP contribution in [0.15, 0.2) is 29.6 Å². The first-order valence-corrected chi connectivity index (χ1v) is 12.0. The van der Waals surface area contributed by atoms with Crippen molar-refractivity contribution in [3.05, 3.63) is 40.4 Å². The molecule has 1 atom stereocenters. The number of nitriles is 1. The average molecular weight is 453 g/mol. The lowest BCUT2D eigenvalue weighted by Crippen LogP contribution is -2.26. The number of fused-ring (bicyclic) bond motifs is 1. The van der Waals surface area contributed by atoms with Crippen LogP contribution in [0.3, 0.4) is 0 Å². The van der Waals surface area contributed by atoms with Gasteiger partial charge in [-0.05, 0) is 48.3 Å². The van der Waals surface area contributed by atoms with Crippen LogP contribution in [0, 0.1) is 22.7 Å². The third-order valence-corrected chi connectivity index (χ3v) is 7.58. The summed E-state index contributed by atoms with van der Waals surface area (Å²) in [5.41, 5.74) is 2.67. The summed E-state index contributed by atoms with van der Waals surface area (Å²) in [6.45, 7) is 6.80. The number of hydrogen-bond acceptors (Lipinski definition) is 7. The molecule has 0 aromatic carbocycles. The molecule has 1 amide bonds. The molecule has 0 fully saturated rings. The van der Waals surface area contributed by atoms with E-state index in [1.807, 2.05) is 18.2 Å².